The number of nitrogens with zero attached hydrogens (tertiary/aromatic N) is 2. The van der Waals surface area contributed by atoms with E-state index in [4.69, 9.17) is 0 Å². The van der Waals surface area contributed by atoms with E-state index < -0.39 is 0 Å². The van der Waals surface area contributed by atoms with Crippen LogP contribution in [0.2, 0.25) is 0 Å². The number of benzene rings is 1. The first-order valence-corrected chi connectivity index (χ1v) is 5.27. The van der Waals surface area contributed by atoms with Gasteiger partial charge in [-0.2, -0.15) is 5.10 Å². The van der Waals surface area contributed by atoms with Crippen molar-refractivity contribution in [2.75, 3.05) is 10.6 Å². The molecule has 2 N–H and O–H groups in total. The summed E-state index contributed by atoms with van der Waals surface area (Å²) in [7, 11) is 1.86. The lowest BCUT2D eigenvalue weighted by Gasteiger charge is -2.06. The summed E-state index contributed by atoms with van der Waals surface area (Å²) < 4.78 is 1.72. The highest BCUT2D eigenvalue weighted by Gasteiger charge is 1.99. The summed E-state index contributed by atoms with van der Waals surface area (Å²) in [6.45, 7) is 1.49. The maximum Gasteiger partial charge on any atom is 0.221 e. The average molecular weight is 230 g/mol. The molecule has 0 saturated heterocycles. The maximum atomic E-state index is 10.9. The first-order valence-electron chi connectivity index (χ1n) is 5.27. The molecule has 0 aliphatic carbocycles. The highest BCUT2D eigenvalue weighted by Crippen LogP contribution is 2.19. The van der Waals surface area contributed by atoms with Crippen LogP contribution in [0.4, 0.5) is 17.1 Å². The van der Waals surface area contributed by atoms with E-state index in [0.29, 0.717) is 0 Å². The van der Waals surface area contributed by atoms with Crippen molar-refractivity contribution in [3.05, 3.63) is 36.7 Å². The van der Waals surface area contributed by atoms with Gasteiger partial charge in [0.05, 0.1) is 11.9 Å². The van der Waals surface area contributed by atoms with Gasteiger partial charge in [-0.3, -0.25) is 9.48 Å². The lowest BCUT2D eigenvalue weighted by atomic mass is 10.2. The summed E-state index contributed by atoms with van der Waals surface area (Å²) in [5.41, 5.74) is 2.59. The van der Waals surface area contributed by atoms with E-state index >= 15 is 0 Å². The quantitative estimate of drug-likeness (QED) is 0.849. The summed E-state index contributed by atoms with van der Waals surface area (Å²) in [6, 6.07) is 7.52. The van der Waals surface area contributed by atoms with Crippen LogP contribution in [0.25, 0.3) is 0 Å². The lowest BCUT2D eigenvalue weighted by molar-refractivity contribution is -0.114. The lowest BCUT2D eigenvalue weighted by Crippen LogP contribution is -2.05. The minimum absolute atomic E-state index is 0.0801. The fourth-order valence-electron chi connectivity index (χ4n) is 1.53. The average Bonchev–Trinajstić information content (AvgIpc) is 2.63. The SMILES string of the molecule is CC(=O)Nc1cccc(Nc2cnn(C)c2)c1. The zero-order valence-electron chi connectivity index (χ0n) is 9.77. The van der Waals surface area contributed by atoms with Gasteiger partial charge in [0.2, 0.25) is 5.91 Å². The van der Waals surface area contributed by atoms with Gasteiger partial charge in [-0.05, 0) is 18.2 Å². The van der Waals surface area contributed by atoms with Crippen molar-refractivity contribution in [3.8, 4) is 0 Å². The number of carbonyl (C=O) groups is 1. The van der Waals surface area contributed by atoms with Crippen LogP contribution in [0.1, 0.15) is 6.92 Å². The number of aryl methyl sites for hydroxylation is 1. The molecule has 2 rings (SSSR count). The Morgan fingerprint density at radius 2 is 2.06 bits per heavy atom. The molecule has 0 aliphatic rings. The second-order valence-corrected chi connectivity index (χ2v) is 3.79. The Kier molecular flexibility index (Phi) is 3.09. The molecule has 0 saturated carbocycles. The monoisotopic (exact) mass is 230 g/mol. The fraction of sp³-hybridized carbons (Fsp3) is 0.167. The fourth-order valence-corrected chi connectivity index (χ4v) is 1.53. The van der Waals surface area contributed by atoms with E-state index in [2.05, 4.69) is 15.7 Å². The molecule has 5 nitrogen and oxygen atoms in total. The van der Waals surface area contributed by atoms with Crippen molar-refractivity contribution in [1.29, 1.82) is 0 Å². The smallest absolute Gasteiger partial charge is 0.221 e. The maximum absolute atomic E-state index is 10.9. The van der Waals surface area contributed by atoms with Crippen molar-refractivity contribution in [2.24, 2.45) is 7.05 Å². The standard InChI is InChI=1S/C12H14N4O/c1-9(17)14-10-4-3-5-11(6-10)15-12-7-13-16(2)8-12/h3-8,15H,1-2H3,(H,14,17). The predicted molar refractivity (Wildman–Crippen MR) is 67.2 cm³/mol. The number of nitrogens with one attached hydrogen (secondary N) is 2. The number of anilines is 3. The summed E-state index contributed by atoms with van der Waals surface area (Å²) in [4.78, 5) is 10.9. The topological polar surface area (TPSA) is 59.0 Å². The van der Waals surface area contributed by atoms with Crippen LogP contribution in [-0.4, -0.2) is 15.7 Å². The molecule has 1 aromatic heterocycles. The minimum Gasteiger partial charge on any atom is -0.353 e. The zero-order valence-corrected chi connectivity index (χ0v) is 9.77. The third kappa shape index (κ3) is 3.07. The van der Waals surface area contributed by atoms with Crippen molar-refractivity contribution in [2.45, 2.75) is 6.92 Å². The van der Waals surface area contributed by atoms with Gasteiger partial charge in [0.15, 0.2) is 0 Å². The molecule has 1 aromatic carbocycles. The van der Waals surface area contributed by atoms with E-state index in [1.54, 1.807) is 10.9 Å². The van der Waals surface area contributed by atoms with Crippen LogP contribution < -0.4 is 10.6 Å². The Labute approximate surface area is 99.5 Å². The summed E-state index contributed by atoms with van der Waals surface area (Å²) in [5.74, 6) is -0.0801. The van der Waals surface area contributed by atoms with E-state index in [0.717, 1.165) is 17.1 Å². The van der Waals surface area contributed by atoms with E-state index in [-0.39, 0.29) is 5.91 Å². The highest BCUT2D eigenvalue weighted by atomic mass is 16.1. The van der Waals surface area contributed by atoms with Gasteiger partial charge in [0.1, 0.15) is 0 Å². The van der Waals surface area contributed by atoms with Crippen molar-refractivity contribution in [3.63, 3.8) is 0 Å². The molecule has 88 valence electrons. The molecule has 17 heavy (non-hydrogen) atoms. The zero-order chi connectivity index (χ0) is 12.3. The summed E-state index contributed by atoms with van der Waals surface area (Å²) in [5, 5.41) is 10.0. The Bertz CT molecular complexity index is 533. The van der Waals surface area contributed by atoms with Crippen LogP contribution in [-0.2, 0) is 11.8 Å². The Balaban J connectivity index is 2.13. The molecule has 0 unspecified atom stereocenters. The molecule has 0 radical (unpaired) electrons. The molecule has 1 heterocycles. The van der Waals surface area contributed by atoms with Gasteiger partial charge in [0, 0.05) is 31.5 Å². The van der Waals surface area contributed by atoms with Gasteiger partial charge < -0.3 is 10.6 Å². The number of hydrogen-bond acceptors (Lipinski definition) is 3. The molecular formula is C12H14N4O. The molecule has 0 fully saturated rings. The van der Waals surface area contributed by atoms with Gasteiger partial charge >= 0.3 is 0 Å². The minimum atomic E-state index is -0.0801. The Morgan fingerprint density at radius 3 is 2.71 bits per heavy atom. The third-order valence-electron chi connectivity index (χ3n) is 2.18. The van der Waals surface area contributed by atoms with Gasteiger partial charge in [-0.1, -0.05) is 6.07 Å². The molecule has 0 aliphatic heterocycles. The van der Waals surface area contributed by atoms with E-state index in [9.17, 15) is 4.79 Å². The number of carbonyl (C=O) groups excluding carboxylic acids is 1. The Morgan fingerprint density at radius 1 is 1.29 bits per heavy atom. The van der Waals surface area contributed by atoms with Crippen LogP contribution >= 0.6 is 0 Å². The van der Waals surface area contributed by atoms with Crippen molar-refractivity contribution in [1.82, 2.24) is 9.78 Å². The molecule has 5 heteroatoms. The highest BCUT2D eigenvalue weighted by molar-refractivity contribution is 5.89. The Hall–Kier alpha value is -2.30. The second kappa shape index (κ2) is 4.69. The van der Waals surface area contributed by atoms with Crippen molar-refractivity contribution >= 4 is 23.0 Å². The van der Waals surface area contributed by atoms with Gasteiger partial charge in [0.25, 0.3) is 0 Å². The van der Waals surface area contributed by atoms with Gasteiger partial charge in [-0.25, -0.2) is 0 Å². The number of amides is 1. The summed E-state index contributed by atoms with van der Waals surface area (Å²) >= 11 is 0. The predicted octanol–water partition coefficient (Wildman–Crippen LogP) is 2.12. The van der Waals surface area contributed by atoms with Crippen LogP contribution in [0, 0.1) is 0 Å². The molecule has 0 spiro atoms. The van der Waals surface area contributed by atoms with E-state index in [1.165, 1.54) is 6.92 Å². The number of rotatable bonds is 3. The summed E-state index contributed by atoms with van der Waals surface area (Å²) in [6.07, 6.45) is 3.62. The molecule has 2 aromatic rings. The molecule has 0 bridgehead atoms. The largest absolute Gasteiger partial charge is 0.353 e. The van der Waals surface area contributed by atoms with Crippen LogP contribution in [0.15, 0.2) is 36.7 Å². The molecule has 1 amide bonds. The van der Waals surface area contributed by atoms with Crippen LogP contribution in [0.5, 0.6) is 0 Å². The number of hydrogen-bond donors (Lipinski definition) is 2. The van der Waals surface area contributed by atoms with E-state index in [1.807, 2.05) is 37.5 Å². The van der Waals surface area contributed by atoms with Crippen molar-refractivity contribution < 1.29 is 4.79 Å². The van der Waals surface area contributed by atoms with Gasteiger partial charge in [-0.15, -0.1) is 0 Å². The normalized spacial score (nSPS) is 10.0. The molecular weight excluding hydrogens is 216 g/mol. The third-order valence-corrected chi connectivity index (χ3v) is 2.18. The first-order chi connectivity index (χ1) is 8.13. The second-order valence-electron chi connectivity index (χ2n) is 3.79. The molecule has 0 atom stereocenters. The number of aromatic nitrogens is 2. The van der Waals surface area contributed by atoms with Crippen LogP contribution in [0.3, 0.4) is 0 Å². The first kappa shape index (κ1) is 11.2.